The van der Waals surface area contributed by atoms with Crippen molar-refractivity contribution in [1.82, 2.24) is 34.4 Å². The zero-order chi connectivity index (χ0) is 26.0. The summed E-state index contributed by atoms with van der Waals surface area (Å²) < 4.78 is 2.21. The average Bonchev–Trinajstić information content (AvgIpc) is 3.36. The summed E-state index contributed by atoms with van der Waals surface area (Å²) >= 11 is 1.60. The molecular formula is C30H26N8S. The molecule has 1 aliphatic rings. The van der Waals surface area contributed by atoms with E-state index in [-0.39, 0.29) is 0 Å². The average molecular weight is 531 g/mol. The van der Waals surface area contributed by atoms with Crippen molar-refractivity contribution in [3.05, 3.63) is 103 Å². The van der Waals surface area contributed by atoms with Gasteiger partial charge in [-0.1, -0.05) is 48.5 Å². The highest BCUT2D eigenvalue weighted by Gasteiger charge is 2.21. The highest BCUT2D eigenvalue weighted by atomic mass is 32.2. The zero-order valence-electron chi connectivity index (χ0n) is 21.3. The number of nitrogens with zero attached hydrogens (tertiary/aromatic N) is 8. The molecule has 4 heterocycles. The van der Waals surface area contributed by atoms with Crippen LogP contribution in [0.2, 0.25) is 0 Å². The molecule has 39 heavy (non-hydrogen) atoms. The number of para-hydroxylation sites is 4. The van der Waals surface area contributed by atoms with Gasteiger partial charge in [0.25, 0.3) is 0 Å². The lowest BCUT2D eigenvalue weighted by Crippen LogP contribution is -2.46. The fourth-order valence-corrected chi connectivity index (χ4v) is 6.03. The third-order valence-electron chi connectivity index (χ3n) is 6.92. The van der Waals surface area contributed by atoms with Crippen LogP contribution in [-0.2, 0) is 6.54 Å². The van der Waals surface area contributed by atoms with Crippen molar-refractivity contribution < 1.29 is 0 Å². The van der Waals surface area contributed by atoms with Gasteiger partial charge < -0.3 is 4.90 Å². The monoisotopic (exact) mass is 530 g/mol. The molecule has 3 aromatic heterocycles. The van der Waals surface area contributed by atoms with Crippen molar-refractivity contribution in [2.45, 2.75) is 16.7 Å². The van der Waals surface area contributed by atoms with Gasteiger partial charge in [0.15, 0.2) is 5.16 Å². The molecule has 6 aromatic rings. The van der Waals surface area contributed by atoms with Crippen molar-refractivity contribution >= 4 is 39.6 Å². The van der Waals surface area contributed by atoms with E-state index in [1.54, 1.807) is 24.2 Å². The second-order valence-corrected chi connectivity index (χ2v) is 10.4. The first kappa shape index (κ1) is 23.8. The predicted octanol–water partition coefficient (Wildman–Crippen LogP) is 5.23. The summed E-state index contributed by atoms with van der Waals surface area (Å²) in [4.78, 5) is 28.5. The Hall–Kier alpha value is -4.34. The van der Waals surface area contributed by atoms with Gasteiger partial charge in [0.2, 0.25) is 5.95 Å². The fourth-order valence-electron chi connectivity index (χ4n) is 4.99. The van der Waals surface area contributed by atoms with Crippen molar-refractivity contribution in [2.24, 2.45) is 0 Å². The van der Waals surface area contributed by atoms with E-state index in [0.717, 1.165) is 75.8 Å². The quantitative estimate of drug-likeness (QED) is 0.271. The number of hydrogen-bond acceptors (Lipinski definition) is 8. The third kappa shape index (κ3) is 4.82. The molecule has 0 saturated carbocycles. The van der Waals surface area contributed by atoms with E-state index >= 15 is 0 Å². The van der Waals surface area contributed by atoms with Crippen LogP contribution in [-0.4, -0.2) is 60.6 Å². The molecule has 0 bridgehead atoms. The lowest BCUT2D eigenvalue weighted by molar-refractivity contribution is 0.242. The maximum atomic E-state index is 5.09. The van der Waals surface area contributed by atoms with Gasteiger partial charge in [-0.2, -0.15) is 0 Å². The van der Waals surface area contributed by atoms with E-state index in [1.165, 1.54) is 0 Å². The van der Waals surface area contributed by atoms with Crippen LogP contribution < -0.4 is 4.90 Å². The normalized spacial score (nSPS) is 14.3. The molecule has 0 atom stereocenters. The summed E-state index contributed by atoms with van der Waals surface area (Å²) in [5.41, 5.74) is 4.06. The van der Waals surface area contributed by atoms with Gasteiger partial charge in [-0.15, -0.1) is 0 Å². The van der Waals surface area contributed by atoms with E-state index in [0.29, 0.717) is 6.54 Å². The second-order valence-electron chi connectivity index (χ2n) is 9.43. The van der Waals surface area contributed by atoms with Crippen LogP contribution in [0.25, 0.3) is 27.6 Å². The molecular weight excluding hydrogens is 504 g/mol. The van der Waals surface area contributed by atoms with Crippen LogP contribution in [0.4, 0.5) is 5.95 Å². The summed E-state index contributed by atoms with van der Waals surface area (Å²) in [6.07, 6.45) is 3.59. The molecule has 0 amide bonds. The van der Waals surface area contributed by atoms with Gasteiger partial charge in [-0.25, -0.2) is 24.9 Å². The molecule has 1 fully saturated rings. The molecule has 0 radical (unpaired) electrons. The van der Waals surface area contributed by atoms with E-state index in [1.807, 2.05) is 30.3 Å². The van der Waals surface area contributed by atoms with Crippen LogP contribution in [0.3, 0.4) is 0 Å². The van der Waals surface area contributed by atoms with Crippen LogP contribution in [0.15, 0.2) is 108 Å². The topological polar surface area (TPSA) is 75.9 Å². The SMILES string of the molecule is c1ccc(-n2c(Sc3nc(CN4CCN(c5ncccn5)CC4)nc4ccccc34)nc3ccccc32)cc1. The second kappa shape index (κ2) is 10.4. The van der Waals surface area contributed by atoms with Crippen LogP contribution in [0.1, 0.15) is 5.82 Å². The van der Waals surface area contributed by atoms with Gasteiger partial charge in [0.1, 0.15) is 10.9 Å². The van der Waals surface area contributed by atoms with Gasteiger partial charge in [-0.05, 0) is 48.2 Å². The molecule has 0 N–H and O–H groups in total. The summed E-state index contributed by atoms with van der Waals surface area (Å²) in [5.74, 6) is 1.61. The van der Waals surface area contributed by atoms with E-state index < -0.39 is 0 Å². The minimum atomic E-state index is 0.691. The molecule has 0 aliphatic carbocycles. The lowest BCUT2D eigenvalue weighted by Gasteiger charge is -2.34. The zero-order valence-corrected chi connectivity index (χ0v) is 22.1. The molecule has 9 heteroatoms. The van der Waals surface area contributed by atoms with E-state index in [9.17, 15) is 0 Å². The first-order valence-electron chi connectivity index (χ1n) is 13.0. The van der Waals surface area contributed by atoms with Crippen LogP contribution in [0.5, 0.6) is 0 Å². The molecule has 192 valence electrons. The van der Waals surface area contributed by atoms with Gasteiger partial charge in [0.05, 0.1) is 23.1 Å². The number of imidazole rings is 1. The van der Waals surface area contributed by atoms with Crippen LogP contribution in [0, 0.1) is 0 Å². The number of fused-ring (bicyclic) bond motifs is 2. The smallest absolute Gasteiger partial charge is 0.225 e. The molecule has 0 unspecified atom stereocenters. The molecule has 7 rings (SSSR count). The molecule has 1 saturated heterocycles. The maximum Gasteiger partial charge on any atom is 0.225 e. The van der Waals surface area contributed by atoms with E-state index in [2.05, 4.69) is 78.9 Å². The van der Waals surface area contributed by atoms with Gasteiger partial charge in [-0.3, -0.25) is 9.47 Å². The van der Waals surface area contributed by atoms with Crippen molar-refractivity contribution in [2.75, 3.05) is 31.1 Å². The Morgan fingerprint density at radius 1 is 0.667 bits per heavy atom. The first-order valence-corrected chi connectivity index (χ1v) is 13.8. The number of rotatable bonds is 6. The van der Waals surface area contributed by atoms with Crippen molar-refractivity contribution in [1.29, 1.82) is 0 Å². The Morgan fingerprint density at radius 2 is 1.38 bits per heavy atom. The summed E-state index contributed by atoms with van der Waals surface area (Å²) in [6.45, 7) is 4.25. The minimum Gasteiger partial charge on any atom is -0.338 e. The maximum absolute atomic E-state index is 5.09. The number of anilines is 1. The number of piperazine rings is 1. The largest absolute Gasteiger partial charge is 0.338 e. The molecule has 0 spiro atoms. The van der Waals surface area contributed by atoms with Crippen molar-refractivity contribution in [3.8, 4) is 5.69 Å². The Kier molecular flexibility index (Phi) is 6.36. The molecule has 8 nitrogen and oxygen atoms in total. The fraction of sp³-hybridized carbons (Fsp3) is 0.167. The third-order valence-corrected chi connectivity index (χ3v) is 7.88. The number of benzene rings is 3. The molecule has 3 aromatic carbocycles. The Labute approximate surface area is 230 Å². The van der Waals surface area contributed by atoms with E-state index in [4.69, 9.17) is 15.0 Å². The van der Waals surface area contributed by atoms with Gasteiger partial charge >= 0.3 is 0 Å². The summed E-state index contributed by atoms with van der Waals surface area (Å²) in [7, 11) is 0. The first-order chi connectivity index (χ1) is 19.3. The molecule has 1 aliphatic heterocycles. The lowest BCUT2D eigenvalue weighted by atomic mass is 10.2. The Morgan fingerprint density at radius 3 is 2.21 bits per heavy atom. The minimum absolute atomic E-state index is 0.691. The summed E-state index contributed by atoms with van der Waals surface area (Å²) in [5, 5.41) is 2.83. The highest BCUT2D eigenvalue weighted by Crippen LogP contribution is 2.35. The standard InChI is InChI=1S/C30H26N8S/c1-2-9-22(10-3-1)38-26-14-7-6-13-25(26)34-30(38)39-28-23-11-4-5-12-24(23)33-27(35-28)21-36-17-19-37(20-18-36)29-31-15-8-16-32-29/h1-16H,17-21H2. The van der Waals surface area contributed by atoms with Crippen LogP contribution >= 0.6 is 11.8 Å². The Bertz CT molecular complexity index is 1730. The van der Waals surface area contributed by atoms with Crippen molar-refractivity contribution in [3.63, 3.8) is 0 Å². The number of hydrogen-bond donors (Lipinski definition) is 0. The summed E-state index contributed by atoms with van der Waals surface area (Å²) in [6, 6.07) is 28.7. The van der Waals surface area contributed by atoms with Gasteiger partial charge in [0, 0.05) is 49.6 Å². The predicted molar refractivity (Wildman–Crippen MR) is 154 cm³/mol. The highest BCUT2D eigenvalue weighted by molar-refractivity contribution is 7.99. The Balaban J connectivity index is 1.20. The number of aromatic nitrogens is 6.